The van der Waals surface area contributed by atoms with E-state index in [0.717, 1.165) is 22.4 Å². The van der Waals surface area contributed by atoms with Crippen LogP contribution in [0.3, 0.4) is 0 Å². The summed E-state index contributed by atoms with van der Waals surface area (Å²) in [4.78, 5) is 29.5. The molecule has 3 aliphatic rings. The molecule has 0 aromatic carbocycles. The Labute approximate surface area is 222 Å². The van der Waals surface area contributed by atoms with Crippen molar-refractivity contribution in [1.82, 2.24) is 4.90 Å². The molecule has 0 spiro atoms. The average molecular weight is 523 g/mol. The Morgan fingerprint density at radius 1 is 1.24 bits per heavy atom. The van der Waals surface area contributed by atoms with Crippen molar-refractivity contribution in [2.24, 2.45) is 23.7 Å². The van der Waals surface area contributed by atoms with Crippen molar-refractivity contribution in [2.75, 3.05) is 0 Å². The third-order valence-corrected chi connectivity index (χ3v) is 8.82. The minimum atomic E-state index is -0.971. The maximum Gasteiger partial charge on any atom is 0.455 e. The number of aliphatic hydroxyl groups excluding tert-OH is 1. The van der Waals surface area contributed by atoms with Gasteiger partial charge in [-0.25, -0.2) is 0 Å². The molecule has 9 heteroatoms. The number of aliphatic hydroxyl groups is 1. The zero-order valence-electron chi connectivity index (χ0n) is 21.6. The fraction of sp³-hybridized carbons (Fsp3) is 0.500. The second-order valence-corrected chi connectivity index (χ2v) is 11.8. The highest BCUT2D eigenvalue weighted by atomic mass is 32.1. The molecular weight excluding hydrogens is 489 g/mol. The lowest BCUT2D eigenvalue weighted by Gasteiger charge is -2.44. The smallest absolute Gasteiger partial charge is 0.455 e. The highest BCUT2D eigenvalue weighted by Crippen LogP contribution is 2.52. The monoisotopic (exact) mass is 523 g/mol. The van der Waals surface area contributed by atoms with E-state index in [0.29, 0.717) is 37.2 Å². The lowest BCUT2D eigenvalue weighted by Crippen LogP contribution is -2.46. The number of amides is 2. The van der Waals surface area contributed by atoms with Gasteiger partial charge in [0.2, 0.25) is 11.8 Å². The minimum Gasteiger partial charge on any atom is -0.459 e. The summed E-state index contributed by atoms with van der Waals surface area (Å²) in [5.74, 6) is 0.212. The van der Waals surface area contributed by atoms with E-state index in [1.165, 1.54) is 10.5 Å². The summed E-state index contributed by atoms with van der Waals surface area (Å²) in [6, 6.07) is 7.47. The first-order valence-corrected chi connectivity index (χ1v) is 14.0. The lowest BCUT2D eigenvalue weighted by atomic mass is 9.57. The normalized spacial score (nSPS) is 26.4. The molecule has 7 nitrogen and oxygen atoms in total. The summed E-state index contributed by atoms with van der Waals surface area (Å²) in [6.07, 6.45) is 3.93. The fourth-order valence-corrected chi connectivity index (χ4v) is 6.95. The van der Waals surface area contributed by atoms with E-state index >= 15 is 0 Å². The Morgan fingerprint density at radius 3 is 2.73 bits per heavy atom. The first-order valence-electron chi connectivity index (χ1n) is 13.1. The van der Waals surface area contributed by atoms with Gasteiger partial charge < -0.3 is 19.2 Å². The molecule has 0 bridgehead atoms. The number of carbonyl (C=O) groups is 2. The number of imide groups is 1. The molecule has 4 heterocycles. The van der Waals surface area contributed by atoms with Crippen LogP contribution in [-0.2, 0) is 27.4 Å². The number of carbonyl (C=O) groups excluding carboxylic acids is 2. The third kappa shape index (κ3) is 5.15. The van der Waals surface area contributed by atoms with Gasteiger partial charge in [0.15, 0.2) is 0 Å². The van der Waals surface area contributed by atoms with Crippen LogP contribution in [0.15, 0.2) is 50.8 Å². The number of allylic oxidation sites excluding steroid dienone is 2. The van der Waals surface area contributed by atoms with Gasteiger partial charge in [0.25, 0.3) is 0 Å². The molecule has 196 valence electrons. The Bertz CT molecular complexity index is 1220. The summed E-state index contributed by atoms with van der Waals surface area (Å²) in [6.45, 7) is 6.47. The topological polar surface area (TPSA) is 100 Å². The highest BCUT2D eigenvalue weighted by Gasteiger charge is 2.57. The number of hydrogen-bond donors (Lipinski definition) is 2. The van der Waals surface area contributed by atoms with Gasteiger partial charge in [-0.05, 0) is 79.6 Å². The number of likely N-dealkylation sites (tertiary alicyclic amines) is 1. The van der Waals surface area contributed by atoms with E-state index < -0.39 is 13.0 Å². The number of furan rings is 1. The molecule has 0 radical (unpaired) electrons. The summed E-state index contributed by atoms with van der Waals surface area (Å²) in [7, 11) is -0.971. The van der Waals surface area contributed by atoms with E-state index in [1.54, 1.807) is 17.4 Å². The maximum absolute atomic E-state index is 13.6. The van der Waals surface area contributed by atoms with E-state index in [4.69, 9.17) is 9.07 Å². The fourth-order valence-electron chi connectivity index (χ4n) is 6.26. The van der Waals surface area contributed by atoms with Crippen LogP contribution in [-0.4, -0.2) is 40.1 Å². The van der Waals surface area contributed by atoms with Crippen LogP contribution in [0.25, 0.3) is 6.08 Å². The molecule has 2 aromatic heterocycles. The van der Waals surface area contributed by atoms with Crippen molar-refractivity contribution in [1.29, 1.82) is 0 Å². The molecular formula is C28H34BNO6S. The van der Waals surface area contributed by atoms with Crippen molar-refractivity contribution in [2.45, 2.75) is 65.6 Å². The predicted octanol–water partition coefficient (Wildman–Crippen LogP) is 4.67. The Kier molecular flexibility index (Phi) is 7.59. The molecule has 2 aromatic rings. The predicted molar refractivity (Wildman–Crippen MR) is 142 cm³/mol. The number of thiophene rings is 1. The molecule has 0 unspecified atom stereocenters. The van der Waals surface area contributed by atoms with E-state index in [1.807, 2.05) is 36.6 Å². The molecule has 2 amide bonds. The van der Waals surface area contributed by atoms with Gasteiger partial charge in [0.05, 0.1) is 24.5 Å². The van der Waals surface area contributed by atoms with Crippen molar-refractivity contribution in [3.63, 3.8) is 0 Å². The van der Waals surface area contributed by atoms with Gasteiger partial charge >= 0.3 is 7.12 Å². The van der Waals surface area contributed by atoms with Gasteiger partial charge in [-0.3, -0.25) is 14.5 Å². The minimum absolute atomic E-state index is 0.0856. The molecule has 1 aliphatic carbocycles. The zero-order chi connectivity index (χ0) is 26.3. The SMILES string of the molecule is C/C(=C\c1ccc(CO)o1)CC[C@H]1OB(O)C[C@H]2C1=C(C(C)C)C[C@H]1C(=O)N(Cc3cccs3)C(=O)[C@H]12. The summed E-state index contributed by atoms with van der Waals surface area (Å²) < 4.78 is 11.7. The van der Waals surface area contributed by atoms with Crippen molar-refractivity contribution in [3.8, 4) is 0 Å². The third-order valence-electron chi connectivity index (χ3n) is 7.95. The van der Waals surface area contributed by atoms with Gasteiger partial charge in [-0.2, -0.15) is 0 Å². The van der Waals surface area contributed by atoms with E-state index in [2.05, 4.69) is 13.8 Å². The highest BCUT2D eigenvalue weighted by molar-refractivity contribution is 7.09. The van der Waals surface area contributed by atoms with Crippen LogP contribution in [0.4, 0.5) is 0 Å². The molecule has 0 saturated carbocycles. The summed E-state index contributed by atoms with van der Waals surface area (Å²) in [5.41, 5.74) is 3.41. The molecule has 5 rings (SSSR count). The molecule has 2 aliphatic heterocycles. The van der Waals surface area contributed by atoms with Crippen LogP contribution >= 0.6 is 11.3 Å². The Balaban J connectivity index is 1.40. The van der Waals surface area contributed by atoms with Crippen LogP contribution in [0.5, 0.6) is 0 Å². The lowest BCUT2D eigenvalue weighted by molar-refractivity contribution is -0.140. The quantitative estimate of drug-likeness (QED) is 0.296. The van der Waals surface area contributed by atoms with Crippen LogP contribution < -0.4 is 0 Å². The van der Waals surface area contributed by atoms with Gasteiger partial charge in [-0.1, -0.05) is 31.1 Å². The van der Waals surface area contributed by atoms with Gasteiger partial charge in [0, 0.05) is 4.88 Å². The Morgan fingerprint density at radius 2 is 2.05 bits per heavy atom. The molecule has 2 saturated heterocycles. The summed E-state index contributed by atoms with van der Waals surface area (Å²) in [5, 5.41) is 21.9. The molecule has 2 fully saturated rings. The molecule has 37 heavy (non-hydrogen) atoms. The number of fused-ring (bicyclic) bond motifs is 3. The second kappa shape index (κ2) is 10.7. The van der Waals surface area contributed by atoms with E-state index in [9.17, 15) is 19.7 Å². The number of rotatable bonds is 8. The first kappa shape index (κ1) is 26.2. The number of hydrogen-bond acceptors (Lipinski definition) is 7. The van der Waals surface area contributed by atoms with Gasteiger partial charge in [0.1, 0.15) is 18.1 Å². The van der Waals surface area contributed by atoms with Crippen LogP contribution in [0.2, 0.25) is 6.32 Å². The zero-order valence-corrected chi connectivity index (χ0v) is 22.4. The first-order chi connectivity index (χ1) is 17.8. The summed E-state index contributed by atoms with van der Waals surface area (Å²) >= 11 is 1.55. The average Bonchev–Trinajstić information content (AvgIpc) is 3.60. The second-order valence-electron chi connectivity index (χ2n) is 10.7. The molecule has 2 N–H and O–H groups in total. The largest absolute Gasteiger partial charge is 0.459 e. The van der Waals surface area contributed by atoms with Crippen LogP contribution in [0, 0.1) is 23.7 Å². The molecule has 4 atom stereocenters. The van der Waals surface area contributed by atoms with Crippen molar-refractivity contribution in [3.05, 3.63) is 62.8 Å². The standard InChI is InChI=1S/C28H34BNO6S/c1-16(2)21-12-22-26(28(33)30(27(22)32)14-20-5-4-10-37-20)23-13-29(34)36-24(25(21)23)9-6-17(3)11-18-7-8-19(15-31)35-18/h4-5,7-8,10-11,16,22-24,26,31,34H,6,9,12-15H2,1-3H3/b17-11+/t22-,23+,24-,26-/m1/s1. The van der Waals surface area contributed by atoms with Gasteiger partial charge in [-0.15, -0.1) is 11.3 Å². The van der Waals surface area contributed by atoms with Crippen LogP contribution in [0.1, 0.15) is 56.4 Å². The maximum atomic E-state index is 13.6. The Hall–Kier alpha value is -2.46. The number of nitrogens with zero attached hydrogens (tertiary/aromatic N) is 1. The van der Waals surface area contributed by atoms with Crippen molar-refractivity contribution >= 4 is 36.3 Å². The van der Waals surface area contributed by atoms with E-state index in [-0.39, 0.29) is 42.3 Å². The van der Waals surface area contributed by atoms with Crippen molar-refractivity contribution < 1.29 is 28.8 Å².